The standard InChI is InChI=1S/C24H31Cl2N3O5S/c1-6-21(24(31)27-16(2)3)28(14-17-7-10-19(34-4)11-8-17)23(30)15-29(35(5,32)33)22-12-9-18(25)13-20(22)26/h7-13,16,21H,6,14-15H2,1-5H3,(H,27,31)/t21-/m1/s1. The topological polar surface area (TPSA) is 96.0 Å². The van der Waals surface area contributed by atoms with Gasteiger partial charge in [-0.3, -0.25) is 13.9 Å². The van der Waals surface area contributed by atoms with Crippen molar-refractivity contribution in [3.63, 3.8) is 0 Å². The summed E-state index contributed by atoms with van der Waals surface area (Å²) in [5.74, 6) is -0.223. The summed E-state index contributed by atoms with van der Waals surface area (Å²) in [7, 11) is -2.34. The Kier molecular flexibility index (Phi) is 10.2. The lowest BCUT2D eigenvalue weighted by Gasteiger charge is -2.33. The van der Waals surface area contributed by atoms with Gasteiger partial charge in [-0.05, 0) is 56.2 Å². The molecule has 0 aliphatic carbocycles. The van der Waals surface area contributed by atoms with Crippen LogP contribution in [-0.2, 0) is 26.2 Å². The molecule has 0 fully saturated rings. The maximum absolute atomic E-state index is 13.6. The molecule has 2 amide bonds. The number of benzene rings is 2. The van der Waals surface area contributed by atoms with Crippen molar-refractivity contribution in [3.05, 3.63) is 58.1 Å². The van der Waals surface area contributed by atoms with Crippen LogP contribution in [0.3, 0.4) is 0 Å². The number of sulfonamides is 1. The van der Waals surface area contributed by atoms with E-state index in [4.69, 9.17) is 27.9 Å². The molecule has 1 N–H and O–H groups in total. The molecule has 0 spiro atoms. The van der Waals surface area contributed by atoms with Gasteiger partial charge in [-0.15, -0.1) is 0 Å². The molecule has 2 aromatic rings. The van der Waals surface area contributed by atoms with Crippen molar-refractivity contribution in [1.82, 2.24) is 10.2 Å². The van der Waals surface area contributed by atoms with E-state index >= 15 is 0 Å². The number of carbonyl (C=O) groups is 2. The van der Waals surface area contributed by atoms with Crippen molar-refractivity contribution >= 4 is 50.7 Å². The zero-order valence-electron chi connectivity index (χ0n) is 20.4. The van der Waals surface area contributed by atoms with Crippen LogP contribution in [0, 0.1) is 0 Å². The third kappa shape index (κ3) is 8.02. The first-order chi connectivity index (χ1) is 16.4. The molecule has 0 saturated carbocycles. The third-order valence-corrected chi connectivity index (χ3v) is 6.85. The summed E-state index contributed by atoms with van der Waals surface area (Å²) in [4.78, 5) is 28.0. The number of ether oxygens (including phenoxy) is 1. The minimum atomic E-state index is -3.89. The zero-order chi connectivity index (χ0) is 26.3. The normalized spacial score (nSPS) is 12.2. The number of carbonyl (C=O) groups excluding carboxylic acids is 2. The van der Waals surface area contributed by atoms with Gasteiger partial charge in [-0.25, -0.2) is 8.42 Å². The minimum absolute atomic E-state index is 0.0852. The molecule has 0 heterocycles. The second-order valence-corrected chi connectivity index (χ2v) is 11.1. The highest BCUT2D eigenvalue weighted by Gasteiger charge is 2.32. The van der Waals surface area contributed by atoms with Crippen molar-refractivity contribution in [1.29, 1.82) is 0 Å². The molecule has 0 aliphatic heterocycles. The lowest BCUT2D eigenvalue weighted by molar-refractivity contribution is -0.140. The maximum atomic E-state index is 13.6. The van der Waals surface area contributed by atoms with Crippen molar-refractivity contribution in [2.24, 2.45) is 0 Å². The Balaban J connectivity index is 2.46. The molecule has 0 unspecified atom stereocenters. The van der Waals surface area contributed by atoms with Gasteiger partial charge < -0.3 is 15.0 Å². The van der Waals surface area contributed by atoms with Crippen LogP contribution in [0.5, 0.6) is 5.75 Å². The number of anilines is 1. The molecule has 0 radical (unpaired) electrons. The van der Waals surface area contributed by atoms with E-state index in [0.717, 1.165) is 16.1 Å². The van der Waals surface area contributed by atoms with E-state index in [9.17, 15) is 18.0 Å². The number of hydrogen-bond acceptors (Lipinski definition) is 5. The molecule has 0 bridgehead atoms. The van der Waals surface area contributed by atoms with Gasteiger partial charge in [0.05, 0.1) is 24.1 Å². The lowest BCUT2D eigenvalue weighted by Crippen LogP contribution is -2.53. The number of rotatable bonds is 11. The predicted octanol–water partition coefficient (Wildman–Crippen LogP) is 4.10. The van der Waals surface area contributed by atoms with Crippen LogP contribution < -0.4 is 14.4 Å². The SMILES string of the molecule is CC[C@H](C(=O)NC(C)C)N(Cc1ccc(OC)cc1)C(=O)CN(c1ccc(Cl)cc1Cl)S(C)(=O)=O. The van der Waals surface area contributed by atoms with Crippen LogP contribution in [0.1, 0.15) is 32.8 Å². The van der Waals surface area contributed by atoms with Crippen molar-refractivity contribution in [2.45, 2.75) is 45.8 Å². The molecule has 1 atom stereocenters. The first-order valence-electron chi connectivity index (χ1n) is 11.0. The molecular weight excluding hydrogens is 513 g/mol. The first-order valence-corrected chi connectivity index (χ1v) is 13.6. The molecule has 192 valence electrons. The van der Waals surface area contributed by atoms with Crippen LogP contribution in [0.15, 0.2) is 42.5 Å². The minimum Gasteiger partial charge on any atom is -0.497 e. The highest BCUT2D eigenvalue weighted by molar-refractivity contribution is 7.92. The highest BCUT2D eigenvalue weighted by atomic mass is 35.5. The third-order valence-electron chi connectivity index (χ3n) is 5.19. The van der Waals surface area contributed by atoms with Gasteiger partial charge in [0, 0.05) is 17.6 Å². The van der Waals surface area contributed by atoms with Gasteiger partial charge in [-0.1, -0.05) is 42.3 Å². The molecule has 2 aromatic carbocycles. The van der Waals surface area contributed by atoms with Gasteiger partial charge in [0.15, 0.2) is 0 Å². The maximum Gasteiger partial charge on any atom is 0.244 e. The van der Waals surface area contributed by atoms with E-state index < -0.39 is 28.5 Å². The van der Waals surface area contributed by atoms with E-state index in [0.29, 0.717) is 17.2 Å². The predicted molar refractivity (Wildman–Crippen MR) is 140 cm³/mol. The zero-order valence-corrected chi connectivity index (χ0v) is 22.7. The molecule has 11 heteroatoms. The van der Waals surface area contributed by atoms with Crippen molar-refractivity contribution in [2.75, 3.05) is 24.2 Å². The molecule has 8 nitrogen and oxygen atoms in total. The van der Waals surface area contributed by atoms with Crippen LogP contribution in [-0.4, -0.2) is 57.1 Å². The summed E-state index contributed by atoms with van der Waals surface area (Å²) in [5.41, 5.74) is 0.876. The molecular formula is C24H31Cl2N3O5S. The monoisotopic (exact) mass is 543 g/mol. The van der Waals surface area contributed by atoms with Gasteiger partial charge in [0.2, 0.25) is 21.8 Å². The number of hydrogen-bond donors (Lipinski definition) is 1. The van der Waals surface area contributed by atoms with Gasteiger partial charge in [0.25, 0.3) is 0 Å². The van der Waals surface area contributed by atoms with Gasteiger partial charge in [-0.2, -0.15) is 0 Å². The summed E-state index contributed by atoms with van der Waals surface area (Å²) in [6, 6.07) is 10.5. The number of nitrogens with one attached hydrogen (secondary N) is 1. The molecule has 2 rings (SSSR count). The average Bonchev–Trinajstić information content (AvgIpc) is 2.77. The van der Waals surface area contributed by atoms with Gasteiger partial charge >= 0.3 is 0 Å². The van der Waals surface area contributed by atoms with E-state index in [1.165, 1.54) is 23.1 Å². The van der Waals surface area contributed by atoms with Crippen molar-refractivity contribution in [3.8, 4) is 5.75 Å². The highest BCUT2D eigenvalue weighted by Crippen LogP contribution is 2.30. The first kappa shape index (κ1) is 28.7. The summed E-state index contributed by atoms with van der Waals surface area (Å²) in [5, 5.41) is 3.26. The Morgan fingerprint density at radius 3 is 2.20 bits per heavy atom. The Labute approximate surface area is 217 Å². The fourth-order valence-electron chi connectivity index (χ4n) is 3.51. The van der Waals surface area contributed by atoms with E-state index in [1.54, 1.807) is 38.3 Å². The fraction of sp³-hybridized carbons (Fsp3) is 0.417. The van der Waals surface area contributed by atoms with E-state index in [-0.39, 0.29) is 29.2 Å². The number of amides is 2. The summed E-state index contributed by atoms with van der Waals surface area (Å²) in [6.45, 7) is 5.01. The van der Waals surface area contributed by atoms with E-state index in [2.05, 4.69) is 5.32 Å². The Hall–Kier alpha value is -2.49. The largest absolute Gasteiger partial charge is 0.497 e. The van der Waals surface area contributed by atoms with Crippen LogP contribution in [0.25, 0.3) is 0 Å². The second kappa shape index (κ2) is 12.5. The average molecular weight is 545 g/mol. The molecule has 0 saturated heterocycles. The van der Waals surface area contributed by atoms with Crippen LogP contribution >= 0.6 is 23.2 Å². The lowest BCUT2D eigenvalue weighted by atomic mass is 10.1. The summed E-state index contributed by atoms with van der Waals surface area (Å²) >= 11 is 12.2. The van der Waals surface area contributed by atoms with E-state index in [1.807, 2.05) is 13.8 Å². The van der Waals surface area contributed by atoms with Gasteiger partial charge in [0.1, 0.15) is 18.3 Å². The molecule has 0 aromatic heterocycles. The Morgan fingerprint density at radius 2 is 1.71 bits per heavy atom. The quantitative estimate of drug-likeness (QED) is 0.460. The number of methoxy groups -OCH3 is 1. The van der Waals surface area contributed by atoms with Crippen LogP contribution in [0.4, 0.5) is 5.69 Å². The smallest absolute Gasteiger partial charge is 0.244 e. The number of nitrogens with zero attached hydrogens (tertiary/aromatic N) is 2. The second-order valence-electron chi connectivity index (χ2n) is 8.32. The molecule has 0 aliphatic rings. The van der Waals surface area contributed by atoms with Crippen LogP contribution in [0.2, 0.25) is 10.0 Å². The summed E-state index contributed by atoms with van der Waals surface area (Å²) < 4.78 is 31.4. The number of halogens is 2. The molecule has 35 heavy (non-hydrogen) atoms. The Bertz CT molecular complexity index is 1140. The summed E-state index contributed by atoms with van der Waals surface area (Å²) in [6.07, 6.45) is 1.32. The van der Waals surface area contributed by atoms with Crippen molar-refractivity contribution < 1.29 is 22.7 Å². The Morgan fingerprint density at radius 1 is 1.09 bits per heavy atom. The fourth-order valence-corrected chi connectivity index (χ4v) is 4.93.